The van der Waals surface area contributed by atoms with Crippen molar-refractivity contribution in [3.05, 3.63) is 29.3 Å². The first-order valence-electron chi connectivity index (χ1n) is 6.93. The Morgan fingerprint density at radius 2 is 2.26 bits per heavy atom. The number of benzene rings is 1. The largest absolute Gasteiger partial charge is 0.394 e. The fourth-order valence-electron chi connectivity index (χ4n) is 2.65. The normalized spacial score (nSPS) is 20.5. The summed E-state index contributed by atoms with van der Waals surface area (Å²) in [4.78, 5) is 14.3. The molecule has 0 bridgehead atoms. The van der Waals surface area contributed by atoms with Gasteiger partial charge in [0, 0.05) is 12.2 Å². The van der Waals surface area contributed by atoms with Gasteiger partial charge in [0.25, 0.3) is 0 Å². The van der Waals surface area contributed by atoms with Gasteiger partial charge in [0.05, 0.1) is 6.61 Å². The third kappa shape index (κ3) is 2.80. The van der Waals surface area contributed by atoms with Gasteiger partial charge in [0.2, 0.25) is 5.91 Å². The molecule has 4 nitrogen and oxygen atoms in total. The molecule has 0 aliphatic carbocycles. The Morgan fingerprint density at radius 1 is 1.47 bits per heavy atom. The predicted octanol–water partition coefficient (Wildman–Crippen LogP) is 1.24. The minimum Gasteiger partial charge on any atom is -0.394 e. The zero-order valence-corrected chi connectivity index (χ0v) is 11.6. The van der Waals surface area contributed by atoms with Crippen molar-refractivity contribution in [3.8, 4) is 0 Å². The smallest absolute Gasteiger partial charge is 0.246 e. The van der Waals surface area contributed by atoms with Gasteiger partial charge in [-0.25, -0.2) is 0 Å². The van der Waals surface area contributed by atoms with Crippen LogP contribution in [-0.4, -0.2) is 36.8 Å². The molecule has 0 radical (unpaired) electrons. The molecule has 4 heteroatoms. The molecule has 1 unspecified atom stereocenters. The molecule has 0 spiro atoms. The lowest BCUT2D eigenvalue weighted by molar-refractivity contribution is -0.121. The number of aliphatic hydroxyl groups is 1. The number of para-hydroxylation sites is 1. The summed E-state index contributed by atoms with van der Waals surface area (Å²) >= 11 is 0. The van der Waals surface area contributed by atoms with Crippen LogP contribution in [0.5, 0.6) is 0 Å². The molecule has 1 atom stereocenters. The van der Waals surface area contributed by atoms with Crippen LogP contribution in [0.25, 0.3) is 0 Å². The molecule has 1 heterocycles. The highest BCUT2D eigenvalue weighted by molar-refractivity contribution is 5.98. The van der Waals surface area contributed by atoms with E-state index in [4.69, 9.17) is 0 Å². The number of carbonyl (C=O) groups is 1. The quantitative estimate of drug-likeness (QED) is 0.862. The Labute approximate surface area is 114 Å². The van der Waals surface area contributed by atoms with Gasteiger partial charge < -0.3 is 15.3 Å². The minimum atomic E-state index is -0.480. The second kappa shape index (κ2) is 6.17. The third-order valence-corrected chi connectivity index (χ3v) is 3.67. The standard InChI is InChI=1S/C15H22N2O2/c1-3-12-7-4-6-11(2)14(12)17-9-5-8-16-13(10-18)15(17)19/h4,6-7,13,16,18H,3,5,8-10H2,1-2H3. The molecular formula is C15H22N2O2. The molecule has 1 aromatic rings. The van der Waals surface area contributed by atoms with Crippen LogP contribution in [0.3, 0.4) is 0 Å². The van der Waals surface area contributed by atoms with Gasteiger partial charge in [-0.15, -0.1) is 0 Å². The second-order valence-electron chi connectivity index (χ2n) is 4.97. The summed E-state index contributed by atoms with van der Waals surface area (Å²) < 4.78 is 0. The number of nitrogens with one attached hydrogen (secondary N) is 1. The summed E-state index contributed by atoms with van der Waals surface area (Å²) in [5, 5.41) is 12.4. The molecule has 104 valence electrons. The van der Waals surface area contributed by atoms with Crippen molar-refractivity contribution in [2.24, 2.45) is 0 Å². The van der Waals surface area contributed by atoms with E-state index in [9.17, 15) is 9.90 Å². The molecule has 1 aliphatic rings. The van der Waals surface area contributed by atoms with Crippen LogP contribution in [0, 0.1) is 6.92 Å². The maximum atomic E-state index is 12.5. The monoisotopic (exact) mass is 262 g/mol. The van der Waals surface area contributed by atoms with Gasteiger partial charge in [0.1, 0.15) is 6.04 Å². The number of hydrogen-bond donors (Lipinski definition) is 2. The van der Waals surface area contributed by atoms with E-state index in [-0.39, 0.29) is 12.5 Å². The first-order chi connectivity index (χ1) is 9.19. The van der Waals surface area contributed by atoms with E-state index < -0.39 is 6.04 Å². The summed E-state index contributed by atoms with van der Waals surface area (Å²) in [7, 11) is 0. The van der Waals surface area contributed by atoms with Gasteiger partial charge in [-0.1, -0.05) is 25.1 Å². The maximum Gasteiger partial charge on any atom is 0.246 e. The molecule has 1 saturated heterocycles. The Kier molecular flexibility index (Phi) is 4.56. The molecule has 1 fully saturated rings. The van der Waals surface area contributed by atoms with E-state index in [1.807, 2.05) is 24.0 Å². The van der Waals surface area contributed by atoms with E-state index in [1.165, 1.54) is 5.56 Å². The first kappa shape index (κ1) is 14.0. The summed E-state index contributed by atoms with van der Waals surface area (Å²) in [5.41, 5.74) is 3.33. The van der Waals surface area contributed by atoms with Crippen molar-refractivity contribution in [2.75, 3.05) is 24.6 Å². The van der Waals surface area contributed by atoms with Crippen molar-refractivity contribution in [2.45, 2.75) is 32.7 Å². The number of aliphatic hydroxyl groups excluding tert-OH is 1. The number of nitrogens with zero attached hydrogens (tertiary/aromatic N) is 1. The topological polar surface area (TPSA) is 52.6 Å². The Balaban J connectivity index is 2.41. The van der Waals surface area contributed by atoms with Crippen LogP contribution in [0.2, 0.25) is 0 Å². The third-order valence-electron chi connectivity index (χ3n) is 3.67. The molecule has 1 amide bonds. The van der Waals surface area contributed by atoms with Crippen LogP contribution in [0.1, 0.15) is 24.5 Å². The maximum absolute atomic E-state index is 12.5. The summed E-state index contributed by atoms with van der Waals surface area (Å²) in [6.07, 6.45) is 1.80. The lowest BCUT2D eigenvalue weighted by Crippen LogP contribution is -2.46. The van der Waals surface area contributed by atoms with Crippen molar-refractivity contribution < 1.29 is 9.90 Å². The van der Waals surface area contributed by atoms with Crippen molar-refractivity contribution in [3.63, 3.8) is 0 Å². The van der Waals surface area contributed by atoms with E-state index in [0.29, 0.717) is 6.54 Å². The highest BCUT2D eigenvalue weighted by Gasteiger charge is 2.28. The van der Waals surface area contributed by atoms with Crippen LogP contribution in [0.4, 0.5) is 5.69 Å². The van der Waals surface area contributed by atoms with E-state index in [2.05, 4.69) is 18.3 Å². The fraction of sp³-hybridized carbons (Fsp3) is 0.533. The average Bonchev–Trinajstić information content (AvgIpc) is 2.60. The summed E-state index contributed by atoms with van der Waals surface area (Å²) in [5.74, 6) is -0.0241. The van der Waals surface area contributed by atoms with Crippen LogP contribution in [0.15, 0.2) is 18.2 Å². The number of aryl methyl sites for hydroxylation is 2. The Hall–Kier alpha value is -1.39. The zero-order valence-electron chi connectivity index (χ0n) is 11.6. The SMILES string of the molecule is CCc1cccc(C)c1N1CCCNC(CO)C1=O. The predicted molar refractivity (Wildman–Crippen MR) is 76.4 cm³/mol. The van der Waals surface area contributed by atoms with Gasteiger partial charge in [-0.2, -0.15) is 0 Å². The zero-order chi connectivity index (χ0) is 13.8. The first-order valence-corrected chi connectivity index (χ1v) is 6.93. The van der Waals surface area contributed by atoms with Crippen molar-refractivity contribution >= 4 is 11.6 Å². The molecule has 1 aromatic carbocycles. The summed E-state index contributed by atoms with van der Waals surface area (Å²) in [6.45, 7) is 5.46. The fourth-order valence-corrected chi connectivity index (χ4v) is 2.65. The highest BCUT2D eigenvalue weighted by Crippen LogP contribution is 2.27. The lowest BCUT2D eigenvalue weighted by atomic mass is 10.0. The molecular weight excluding hydrogens is 240 g/mol. The molecule has 2 rings (SSSR count). The number of anilines is 1. The van der Waals surface area contributed by atoms with E-state index in [0.717, 1.165) is 30.6 Å². The number of amides is 1. The molecule has 0 aromatic heterocycles. The highest BCUT2D eigenvalue weighted by atomic mass is 16.3. The van der Waals surface area contributed by atoms with Crippen LogP contribution in [-0.2, 0) is 11.2 Å². The van der Waals surface area contributed by atoms with Gasteiger partial charge in [-0.05, 0) is 37.4 Å². The van der Waals surface area contributed by atoms with Crippen LogP contribution >= 0.6 is 0 Å². The average molecular weight is 262 g/mol. The Bertz CT molecular complexity index is 459. The van der Waals surface area contributed by atoms with Crippen LogP contribution < -0.4 is 10.2 Å². The van der Waals surface area contributed by atoms with Gasteiger partial charge >= 0.3 is 0 Å². The molecule has 1 aliphatic heterocycles. The molecule has 0 saturated carbocycles. The van der Waals surface area contributed by atoms with E-state index in [1.54, 1.807) is 0 Å². The number of hydrogen-bond acceptors (Lipinski definition) is 3. The molecule has 19 heavy (non-hydrogen) atoms. The van der Waals surface area contributed by atoms with Crippen molar-refractivity contribution in [1.82, 2.24) is 5.32 Å². The van der Waals surface area contributed by atoms with Gasteiger partial charge in [-0.3, -0.25) is 4.79 Å². The van der Waals surface area contributed by atoms with E-state index >= 15 is 0 Å². The Morgan fingerprint density at radius 3 is 2.95 bits per heavy atom. The van der Waals surface area contributed by atoms with Crippen molar-refractivity contribution in [1.29, 1.82) is 0 Å². The second-order valence-corrected chi connectivity index (χ2v) is 4.97. The molecule has 2 N–H and O–H groups in total. The van der Waals surface area contributed by atoms with Gasteiger partial charge in [0.15, 0.2) is 0 Å². The number of carbonyl (C=O) groups excluding carboxylic acids is 1. The summed E-state index contributed by atoms with van der Waals surface area (Å²) in [6, 6.07) is 5.66. The number of rotatable bonds is 3. The minimum absolute atomic E-state index is 0.0241. The lowest BCUT2D eigenvalue weighted by Gasteiger charge is -2.27.